The van der Waals surface area contributed by atoms with Gasteiger partial charge in [-0.3, -0.25) is 14.4 Å². The summed E-state index contributed by atoms with van der Waals surface area (Å²) >= 11 is 0. The maximum absolute atomic E-state index is 12.9. The SMILES string of the molecule is CC/C=C\C/C=C\C/C=C\C/C=C\C/C=C\C/C=C\C/C=C\C/C=C\C/C=C\CCCCCC(=O)OCC(COC(=O)CCCCCCCCCCC)OC(=O)CCCCCCCCCC/C=C\C/C=C\C/C=C\CCCCCCC. The topological polar surface area (TPSA) is 78.9 Å². The molecule has 0 aromatic carbocycles. The number of esters is 3. The number of allylic oxidation sites excluding steroid dienone is 24. The van der Waals surface area contributed by atoms with E-state index in [2.05, 4.69) is 167 Å². The molecule has 6 heteroatoms. The zero-order chi connectivity index (χ0) is 58.5. The van der Waals surface area contributed by atoms with Crippen molar-refractivity contribution in [3.63, 3.8) is 0 Å². The van der Waals surface area contributed by atoms with Gasteiger partial charge in [0.05, 0.1) is 0 Å². The Balaban J connectivity index is 4.33. The molecular formula is C75H122O6. The van der Waals surface area contributed by atoms with Gasteiger partial charge in [0.15, 0.2) is 6.10 Å². The highest BCUT2D eigenvalue weighted by Crippen LogP contribution is 2.15. The van der Waals surface area contributed by atoms with Crippen molar-refractivity contribution in [3.8, 4) is 0 Å². The summed E-state index contributed by atoms with van der Waals surface area (Å²) < 4.78 is 16.9. The quantitative estimate of drug-likeness (QED) is 0.0261. The highest BCUT2D eigenvalue weighted by molar-refractivity contribution is 5.71. The molecule has 0 amide bonds. The molecular weight excluding hydrogens is 997 g/mol. The minimum Gasteiger partial charge on any atom is -0.462 e. The first kappa shape index (κ1) is 76.3. The first-order chi connectivity index (χ1) is 40.0. The minimum atomic E-state index is -0.801. The number of carbonyl (C=O) groups is 3. The van der Waals surface area contributed by atoms with Crippen LogP contribution in [0.4, 0.5) is 0 Å². The van der Waals surface area contributed by atoms with Crippen LogP contribution in [0.1, 0.15) is 290 Å². The van der Waals surface area contributed by atoms with Gasteiger partial charge in [-0.05, 0) is 128 Å². The zero-order valence-electron chi connectivity index (χ0n) is 52.5. The minimum absolute atomic E-state index is 0.0946. The molecule has 81 heavy (non-hydrogen) atoms. The van der Waals surface area contributed by atoms with Crippen molar-refractivity contribution in [3.05, 3.63) is 146 Å². The molecule has 0 aromatic heterocycles. The van der Waals surface area contributed by atoms with Crippen LogP contribution >= 0.6 is 0 Å². The van der Waals surface area contributed by atoms with Gasteiger partial charge in [-0.1, -0.05) is 289 Å². The smallest absolute Gasteiger partial charge is 0.306 e. The summed E-state index contributed by atoms with van der Waals surface area (Å²) in [6.45, 7) is 6.47. The predicted octanol–water partition coefficient (Wildman–Crippen LogP) is 23.1. The van der Waals surface area contributed by atoms with Crippen LogP contribution in [-0.4, -0.2) is 37.2 Å². The molecule has 0 saturated carbocycles. The first-order valence-electron chi connectivity index (χ1n) is 33.3. The van der Waals surface area contributed by atoms with Gasteiger partial charge in [-0.25, -0.2) is 0 Å². The van der Waals surface area contributed by atoms with Gasteiger partial charge in [0, 0.05) is 19.3 Å². The highest BCUT2D eigenvalue weighted by atomic mass is 16.6. The number of carbonyl (C=O) groups excluding carboxylic acids is 3. The summed E-state index contributed by atoms with van der Waals surface area (Å²) in [6.07, 6.45) is 97.2. The zero-order valence-corrected chi connectivity index (χ0v) is 52.5. The highest BCUT2D eigenvalue weighted by Gasteiger charge is 2.19. The number of hydrogen-bond acceptors (Lipinski definition) is 6. The van der Waals surface area contributed by atoms with E-state index in [9.17, 15) is 14.4 Å². The van der Waals surface area contributed by atoms with Gasteiger partial charge >= 0.3 is 17.9 Å². The van der Waals surface area contributed by atoms with Gasteiger partial charge in [0.1, 0.15) is 13.2 Å². The summed E-state index contributed by atoms with van der Waals surface area (Å²) in [4.78, 5) is 38.2. The van der Waals surface area contributed by atoms with Crippen molar-refractivity contribution in [2.45, 2.75) is 297 Å². The Morgan fingerprint density at radius 3 is 0.765 bits per heavy atom. The fourth-order valence-electron chi connectivity index (χ4n) is 8.85. The van der Waals surface area contributed by atoms with E-state index in [1.165, 1.54) is 109 Å². The Kier molecular flexibility index (Phi) is 63.9. The van der Waals surface area contributed by atoms with Crippen LogP contribution in [0.2, 0.25) is 0 Å². The molecule has 1 unspecified atom stereocenters. The van der Waals surface area contributed by atoms with Crippen molar-refractivity contribution < 1.29 is 28.6 Å². The van der Waals surface area contributed by atoms with Crippen molar-refractivity contribution in [1.29, 1.82) is 0 Å². The lowest BCUT2D eigenvalue weighted by Crippen LogP contribution is -2.30. The molecule has 0 aliphatic rings. The second-order valence-electron chi connectivity index (χ2n) is 21.6. The summed E-state index contributed by atoms with van der Waals surface area (Å²) in [5.74, 6) is -0.938. The van der Waals surface area contributed by atoms with Crippen LogP contribution < -0.4 is 0 Å². The van der Waals surface area contributed by atoms with E-state index in [-0.39, 0.29) is 31.1 Å². The molecule has 0 rings (SSSR count). The number of ether oxygens (including phenoxy) is 3. The van der Waals surface area contributed by atoms with Crippen LogP contribution in [-0.2, 0) is 28.6 Å². The predicted molar refractivity (Wildman–Crippen MR) is 352 cm³/mol. The molecule has 0 heterocycles. The number of hydrogen-bond donors (Lipinski definition) is 0. The van der Waals surface area contributed by atoms with Crippen molar-refractivity contribution in [2.24, 2.45) is 0 Å². The van der Waals surface area contributed by atoms with Crippen LogP contribution in [0, 0.1) is 0 Å². The van der Waals surface area contributed by atoms with E-state index in [4.69, 9.17) is 14.2 Å². The standard InChI is InChI=1S/C75H122O6/c1-4-7-10-13-16-19-21-23-25-27-29-31-33-34-35-36-37-38-39-40-42-43-45-47-49-51-53-56-59-62-65-68-74(77)80-71-72(70-79-73(76)67-64-61-58-55-18-15-12-9-6-3)81-75(78)69-66-63-60-57-54-52-50-48-46-44-41-32-30-28-26-24-22-20-17-14-11-8-5-2/h7,10,16,19,22-25,28-31,34-35,37-38,40-42,44-45,47,51,53,72H,4-6,8-9,11-15,17-18,20-21,26-27,32-33,36,39,43,46,48-50,52,54-71H2,1-3H3/b10-7-,19-16-,24-22-,25-23-,30-28-,31-29-,35-34-,38-37-,42-40-,44-41-,47-45-,53-51-. The summed E-state index contributed by atoms with van der Waals surface area (Å²) in [6, 6.07) is 0. The molecule has 0 saturated heterocycles. The molecule has 0 N–H and O–H groups in total. The third kappa shape index (κ3) is 66.0. The Labute approximate surface area is 499 Å². The molecule has 0 radical (unpaired) electrons. The van der Waals surface area contributed by atoms with Crippen LogP contribution in [0.5, 0.6) is 0 Å². The fraction of sp³-hybridized carbons (Fsp3) is 0.640. The molecule has 1 atom stereocenters. The van der Waals surface area contributed by atoms with Gasteiger partial charge in [0.25, 0.3) is 0 Å². The van der Waals surface area contributed by atoms with E-state index >= 15 is 0 Å². The van der Waals surface area contributed by atoms with E-state index in [1.807, 2.05) is 0 Å². The van der Waals surface area contributed by atoms with Crippen LogP contribution in [0.15, 0.2) is 146 Å². The van der Waals surface area contributed by atoms with Crippen molar-refractivity contribution in [1.82, 2.24) is 0 Å². The van der Waals surface area contributed by atoms with Crippen molar-refractivity contribution >= 4 is 17.9 Å². The molecule has 0 bridgehead atoms. The third-order valence-corrected chi connectivity index (χ3v) is 13.8. The Hall–Kier alpha value is -4.71. The number of unbranched alkanes of at least 4 members (excludes halogenated alkanes) is 24. The average Bonchev–Trinajstić information content (AvgIpc) is 3.47. The van der Waals surface area contributed by atoms with E-state index < -0.39 is 6.10 Å². The largest absolute Gasteiger partial charge is 0.462 e. The van der Waals surface area contributed by atoms with E-state index in [1.54, 1.807) is 0 Å². The van der Waals surface area contributed by atoms with E-state index in [0.29, 0.717) is 19.3 Å². The molecule has 0 fully saturated rings. The Bertz CT molecular complexity index is 1760. The molecule has 0 aromatic rings. The van der Waals surface area contributed by atoms with Crippen LogP contribution in [0.25, 0.3) is 0 Å². The lowest BCUT2D eigenvalue weighted by atomic mass is 10.1. The first-order valence-corrected chi connectivity index (χ1v) is 33.3. The second-order valence-corrected chi connectivity index (χ2v) is 21.6. The summed E-state index contributed by atoms with van der Waals surface area (Å²) in [5.41, 5.74) is 0. The molecule has 6 nitrogen and oxygen atoms in total. The monoisotopic (exact) mass is 1120 g/mol. The number of rotatable bonds is 59. The molecule has 0 aliphatic carbocycles. The average molecular weight is 1120 g/mol. The normalized spacial score (nSPS) is 13.1. The maximum atomic E-state index is 12.9. The maximum Gasteiger partial charge on any atom is 0.306 e. The Morgan fingerprint density at radius 1 is 0.259 bits per heavy atom. The van der Waals surface area contributed by atoms with Gasteiger partial charge in [-0.2, -0.15) is 0 Å². The third-order valence-electron chi connectivity index (χ3n) is 13.8. The Morgan fingerprint density at radius 2 is 0.481 bits per heavy atom. The molecule has 458 valence electrons. The van der Waals surface area contributed by atoms with Gasteiger partial charge in [-0.15, -0.1) is 0 Å². The molecule has 0 aliphatic heterocycles. The fourth-order valence-corrected chi connectivity index (χ4v) is 8.85. The lowest BCUT2D eigenvalue weighted by Gasteiger charge is -2.18. The summed E-state index contributed by atoms with van der Waals surface area (Å²) in [7, 11) is 0. The molecule has 0 spiro atoms. The van der Waals surface area contributed by atoms with Gasteiger partial charge < -0.3 is 14.2 Å². The second kappa shape index (κ2) is 67.8. The van der Waals surface area contributed by atoms with Gasteiger partial charge in [0.2, 0.25) is 0 Å². The lowest BCUT2D eigenvalue weighted by molar-refractivity contribution is -0.167. The van der Waals surface area contributed by atoms with Crippen LogP contribution in [0.3, 0.4) is 0 Å². The van der Waals surface area contributed by atoms with E-state index in [0.717, 1.165) is 141 Å². The summed E-state index contributed by atoms with van der Waals surface area (Å²) in [5, 5.41) is 0. The van der Waals surface area contributed by atoms with Crippen molar-refractivity contribution in [2.75, 3.05) is 13.2 Å².